The van der Waals surface area contributed by atoms with E-state index in [-0.39, 0.29) is 4.90 Å². The molecule has 5 nitrogen and oxygen atoms in total. The van der Waals surface area contributed by atoms with Crippen LogP contribution in [0.3, 0.4) is 0 Å². The molecule has 0 saturated carbocycles. The molecule has 0 N–H and O–H groups in total. The molecular formula is C12H8BrN3O2S. The van der Waals surface area contributed by atoms with Gasteiger partial charge in [-0.1, -0.05) is 46.3 Å². The van der Waals surface area contributed by atoms with E-state index in [1.807, 2.05) is 12.1 Å². The van der Waals surface area contributed by atoms with E-state index in [4.69, 9.17) is 5.53 Å². The minimum atomic E-state index is -4.00. The van der Waals surface area contributed by atoms with E-state index in [1.54, 1.807) is 30.3 Å². The van der Waals surface area contributed by atoms with Crippen LogP contribution in [0.25, 0.3) is 21.6 Å². The predicted octanol–water partition coefficient (Wildman–Crippen LogP) is 4.12. The van der Waals surface area contributed by atoms with Gasteiger partial charge in [0.05, 0.1) is 4.90 Å². The van der Waals surface area contributed by atoms with Crippen LogP contribution in [0.15, 0.2) is 62.4 Å². The standard InChI is InChI=1S/C12H8BrN3O2S/c13-10-7-5-9(6-8-10)11-3-1-2-4-12(11)19(17,18)16-15-14/h1-8H. The molecule has 2 aromatic carbocycles. The third kappa shape index (κ3) is 2.96. The number of nitrogens with zero attached hydrogens (tertiary/aromatic N) is 3. The summed E-state index contributed by atoms with van der Waals surface area (Å²) in [4.78, 5) is 2.36. The van der Waals surface area contributed by atoms with E-state index in [9.17, 15) is 8.42 Å². The van der Waals surface area contributed by atoms with Crippen LogP contribution in [-0.2, 0) is 10.0 Å². The lowest BCUT2D eigenvalue weighted by molar-refractivity contribution is 0.597. The van der Waals surface area contributed by atoms with Crippen LogP contribution >= 0.6 is 15.9 Å². The first-order valence-corrected chi connectivity index (χ1v) is 7.44. The van der Waals surface area contributed by atoms with Crippen molar-refractivity contribution in [3.8, 4) is 11.1 Å². The van der Waals surface area contributed by atoms with Gasteiger partial charge in [0, 0.05) is 19.5 Å². The average Bonchev–Trinajstić information content (AvgIpc) is 2.39. The van der Waals surface area contributed by atoms with E-state index >= 15 is 0 Å². The summed E-state index contributed by atoms with van der Waals surface area (Å²) >= 11 is 3.32. The van der Waals surface area contributed by atoms with Gasteiger partial charge in [0.25, 0.3) is 10.0 Å². The fourth-order valence-corrected chi connectivity index (χ4v) is 2.81. The topological polar surface area (TPSA) is 82.9 Å². The molecular weight excluding hydrogens is 330 g/mol. The Balaban J connectivity index is 2.66. The fraction of sp³-hybridized carbons (Fsp3) is 0. The summed E-state index contributed by atoms with van der Waals surface area (Å²) in [6, 6.07) is 13.6. The summed E-state index contributed by atoms with van der Waals surface area (Å²) in [5.74, 6) is 0. The van der Waals surface area contributed by atoms with Crippen molar-refractivity contribution in [1.82, 2.24) is 0 Å². The molecule has 2 aromatic rings. The monoisotopic (exact) mass is 337 g/mol. The van der Waals surface area contributed by atoms with Crippen LogP contribution in [0.2, 0.25) is 0 Å². The highest BCUT2D eigenvalue weighted by Crippen LogP contribution is 2.29. The molecule has 96 valence electrons. The third-order valence-electron chi connectivity index (χ3n) is 2.46. The molecule has 0 heterocycles. The average molecular weight is 338 g/mol. The van der Waals surface area contributed by atoms with Crippen LogP contribution in [0, 0.1) is 0 Å². The molecule has 0 aliphatic heterocycles. The van der Waals surface area contributed by atoms with Crippen molar-refractivity contribution in [2.45, 2.75) is 4.90 Å². The maximum Gasteiger partial charge on any atom is 0.264 e. The minimum absolute atomic E-state index is 0.00452. The van der Waals surface area contributed by atoms with Gasteiger partial charge in [0.15, 0.2) is 0 Å². The fourth-order valence-electron chi connectivity index (χ4n) is 1.65. The Morgan fingerprint density at radius 1 is 1.05 bits per heavy atom. The molecule has 19 heavy (non-hydrogen) atoms. The van der Waals surface area contributed by atoms with Crippen molar-refractivity contribution >= 4 is 26.0 Å². The third-order valence-corrected chi connectivity index (χ3v) is 4.19. The smallest absolute Gasteiger partial charge is 0.216 e. The first-order chi connectivity index (χ1) is 9.04. The molecule has 0 amide bonds. The van der Waals surface area contributed by atoms with E-state index in [1.165, 1.54) is 6.07 Å². The summed E-state index contributed by atoms with van der Waals surface area (Å²) < 4.78 is 27.5. The van der Waals surface area contributed by atoms with E-state index in [0.717, 1.165) is 10.0 Å². The second-order valence-corrected chi connectivity index (χ2v) is 6.12. The number of azide groups is 1. The molecule has 0 spiro atoms. The van der Waals surface area contributed by atoms with Gasteiger partial charge in [-0.2, -0.15) is 0 Å². The molecule has 0 unspecified atom stereocenters. The van der Waals surface area contributed by atoms with Gasteiger partial charge in [-0.25, -0.2) is 8.42 Å². The highest BCUT2D eigenvalue weighted by molar-refractivity contribution is 9.10. The van der Waals surface area contributed by atoms with E-state index < -0.39 is 10.0 Å². The lowest BCUT2D eigenvalue weighted by Crippen LogP contribution is -1.98. The van der Waals surface area contributed by atoms with Crippen LogP contribution < -0.4 is 0 Å². The quantitative estimate of drug-likeness (QED) is 0.479. The first kappa shape index (κ1) is 13.6. The zero-order chi connectivity index (χ0) is 13.9. The van der Waals surface area contributed by atoms with E-state index in [0.29, 0.717) is 5.56 Å². The Morgan fingerprint density at radius 3 is 2.32 bits per heavy atom. The maximum absolute atomic E-state index is 11.9. The van der Waals surface area contributed by atoms with Crippen molar-refractivity contribution < 1.29 is 8.42 Å². The lowest BCUT2D eigenvalue weighted by Gasteiger charge is -2.07. The molecule has 0 aliphatic carbocycles. The second-order valence-electron chi connectivity index (χ2n) is 3.65. The Hall–Kier alpha value is -1.82. The number of halogens is 1. The highest BCUT2D eigenvalue weighted by Gasteiger charge is 2.17. The first-order valence-electron chi connectivity index (χ1n) is 5.21. The Morgan fingerprint density at radius 2 is 1.68 bits per heavy atom. The van der Waals surface area contributed by atoms with Crippen molar-refractivity contribution in [3.05, 3.63) is 63.4 Å². The van der Waals surface area contributed by atoms with Crippen LogP contribution in [0.4, 0.5) is 0 Å². The summed E-state index contributed by atoms with van der Waals surface area (Å²) in [6.45, 7) is 0. The molecule has 2 rings (SSSR count). The molecule has 0 atom stereocenters. The van der Waals surface area contributed by atoms with Crippen molar-refractivity contribution in [2.24, 2.45) is 4.52 Å². The number of hydrogen-bond acceptors (Lipinski definition) is 2. The van der Waals surface area contributed by atoms with Gasteiger partial charge < -0.3 is 0 Å². The molecule has 0 bridgehead atoms. The lowest BCUT2D eigenvalue weighted by atomic mass is 10.1. The van der Waals surface area contributed by atoms with Gasteiger partial charge in [-0.05, 0) is 29.3 Å². The van der Waals surface area contributed by atoms with Crippen molar-refractivity contribution in [3.63, 3.8) is 0 Å². The number of sulfonamides is 1. The largest absolute Gasteiger partial charge is 0.264 e. The highest BCUT2D eigenvalue weighted by atomic mass is 79.9. The zero-order valence-corrected chi connectivity index (χ0v) is 12.0. The van der Waals surface area contributed by atoms with Gasteiger partial charge in [0.1, 0.15) is 0 Å². The second kappa shape index (κ2) is 5.44. The minimum Gasteiger partial charge on any atom is -0.216 e. The van der Waals surface area contributed by atoms with Gasteiger partial charge in [-0.15, -0.1) is 0 Å². The van der Waals surface area contributed by atoms with Gasteiger partial charge in [-0.3, -0.25) is 0 Å². The Bertz CT molecular complexity index is 751. The molecule has 0 saturated heterocycles. The molecule has 7 heteroatoms. The van der Waals surface area contributed by atoms with Crippen molar-refractivity contribution in [2.75, 3.05) is 0 Å². The number of rotatable bonds is 3. The molecule has 0 radical (unpaired) electrons. The SMILES string of the molecule is [N-]=[N+]=NS(=O)(=O)c1ccccc1-c1ccc(Br)cc1. The van der Waals surface area contributed by atoms with Crippen LogP contribution in [0.5, 0.6) is 0 Å². The summed E-state index contributed by atoms with van der Waals surface area (Å²) in [5, 5.41) is 0. The summed E-state index contributed by atoms with van der Waals surface area (Å²) in [5.41, 5.74) is 9.57. The zero-order valence-electron chi connectivity index (χ0n) is 9.56. The maximum atomic E-state index is 11.9. The molecule has 0 fully saturated rings. The van der Waals surface area contributed by atoms with E-state index in [2.05, 4.69) is 25.4 Å². The molecule has 0 aliphatic rings. The Kier molecular flexibility index (Phi) is 3.90. The van der Waals surface area contributed by atoms with Gasteiger partial charge >= 0.3 is 0 Å². The van der Waals surface area contributed by atoms with Crippen LogP contribution in [-0.4, -0.2) is 8.42 Å². The normalized spacial score (nSPS) is 10.8. The number of benzene rings is 2. The summed E-state index contributed by atoms with van der Waals surface area (Å²) in [7, 11) is -4.00. The molecule has 0 aromatic heterocycles. The summed E-state index contributed by atoms with van der Waals surface area (Å²) in [6.07, 6.45) is 0. The van der Waals surface area contributed by atoms with Crippen LogP contribution in [0.1, 0.15) is 0 Å². The number of hydrogen-bond donors (Lipinski definition) is 0. The Labute approximate surface area is 118 Å². The predicted molar refractivity (Wildman–Crippen MR) is 75.9 cm³/mol. The van der Waals surface area contributed by atoms with Crippen molar-refractivity contribution in [1.29, 1.82) is 0 Å². The van der Waals surface area contributed by atoms with Gasteiger partial charge in [0.2, 0.25) is 0 Å².